The minimum atomic E-state index is 0. The third-order valence-corrected chi connectivity index (χ3v) is 3.48. The van der Waals surface area contributed by atoms with E-state index < -0.39 is 0 Å². The highest BCUT2D eigenvalue weighted by Crippen LogP contribution is 2.19. The Labute approximate surface area is 139 Å². The molecule has 0 amide bonds. The maximum absolute atomic E-state index is 5.79. The van der Waals surface area contributed by atoms with E-state index in [0.29, 0.717) is 5.84 Å². The first-order chi connectivity index (χ1) is 9.81. The lowest BCUT2D eigenvalue weighted by Crippen LogP contribution is -3.00. The Morgan fingerprint density at radius 3 is 2.52 bits per heavy atom. The lowest BCUT2D eigenvalue weighted by Gasteiger charge is -1.95. The van der Waals surface area contributed by atoms with Crippen LogP contribution >= 0.6 is 0 Å². The summed E-state index contributed by atoms with van der Waals surface area (Å²) in [7, 11) is 0. The number of para-hydroxylation sites is 2. The molecule has 0 bridgehead atoms. The number of halogens is 1. The molecule has 4 heteroatoms. The minimum absolute atomic E-state index is 0. The molecule has 0 saturated heterocycles. The highest BCUT2D eigenvalue weighted by atomic mass is 127. The van der Waals surface area contributed by atoms with Crippen molar-refractivity contribution in [3.05, 3.63) is 66.4 Å². The fourth-order valence-electron chi connectivity index (χ4n) is 2.38. The van der Waals surface area contributed by atoms with Crippen LogP contribution in [0.4, 0.5) is 0 Å². The van der Waals surface area contributed by atoms with Gasteiger partial charge in [-0.25, -0.2) is 0 Å². The average molecular weight is 388 g/mol. The molecule has 0 fully saturated rings. The molecule has 0 aliphatic rings. The van der Waals surface area contributed by atoms with Crippen molar-refractivity contribution in [2.75, 3.05) is 0 Å². The summed E-state index contributed by atoms with van der Waals surface area (Å²) in [6, 6.07) is 18.3. The van der Waals surface area contributed by atoms with Gasteiger partial charge in [-0.05, 0) is 24.0 Å². The first-order valence-electron chi connectivity index (χ1n) is 6.58. The first kappa shape index (κ1) is 14.0. The van der Waals surface area contributed by atoms with Gasteiger partial charge in [-0.1, -0.05) is 42.0 Å². The minimum Gasteiger partial charge on any atom is -1.00 e. The summed E-state index contributed by atoms with van der Waals surface area (Å²) in [6.07, 6.45) is 2.00. The van der Waals surface area contributed by atoms with Gasteiger partial charge in [0.15, 0.2) is 16.8 Å². The van der Waals surface area contributed by atoms with E-state index in [1.165, 1.54) is 5.56 Å². The molecule has 0 spiro atoms. The van der Waals surface area contributed by atoms with Crippen molar-refractivity contribution < 1.29 is 32.8 Å². The van der Waals surface area contributed by atoms with E-state index in [1.54, 1.807) is 0 Å². The fraction of sp³-hybridized carbons (Fsp3) is 0.0588. The standard InChI is InChI=1S/C17H13N2O.HI/c1-12-6-8-13(9-7-12)14-10-11-19-15-4-2-3-5-16(15)20-17(19)18-14;/h2-11H,1H3;1H/q+1;/p-1. The maximum atomic E-state index is 5.79. The number of rotatable bonds is 1. The lowest BCUT2D eigenvalue weighted by atomic mass is 10.1. The molecule has 4 aromatic rings. The highest BCUT2D eigenvalue weighted by molar-refractivity contribution is 5.70. The molecule has 0 aliphatic carbocycles. The van der Waals surface area contributed by atoms with E-state index in [-0.39, 0.29) is 24.0 Å². The van der Waals surface area contributed by atoms with Crippen LogP contribution in [0.25, 0.3) is 28.2 Å². The quantitative estimate of drug-likeness (QED) is 0.352. The van der Waals surface area contributed by atoms with Gasteiger partial charge in [-0.15, -0.1) is 0 Å². The van der Waals surface area contributed by atoms with Crippen molar-refractivity contribution in [2.45, 2.75) is 6.92 Å². The van der Waals surface area contributed by atoms with Gasteiger partial charge < -0.3 is 28.4 Å². The van der Waals surface area contributed by atoms with Crippen LogP contribution in [0.15, 0.2) is 65.2 Å². The number of oxazole rings is 1. The Balaban J connectivity index is 0.00000132. The zero-order chi connectivity index (χ0) is 13.5. The van der Waals surface area contributed by atoms with Crippen molar-refractivity contribution in [1.82, 2.24) is 4.98 Å². The number of hydrogen-bond acceptors (Lipinski definition) is 2. The van der Waals surface area contributed by atoms with Gasteiger partial charge >= 0.3 is 5.84 Å². The summed E-state index contributed by atoms with van der Waals surface area (Å²) in [4.78, 5) is 4.61. The van der Waals surface area contributed by atoms with Crippen LogP contribution in [0.5, 0.6) is 0 Å². The number of aryl methyl sites for hydroxylation is 1. The van der Waals surface area contributed by atoms with Crippen molar-refractivity contribution in [2.24, 2.45) is 0 Å². The largest absolute Gasteiger partial charge is 1.00 e. The molecule has 3 nitrogen and oxygen atoms in total. The molecular formula is C17H13IN2O. The maximum Gasteiger partial charge on any atom is 0.510 e. The molecule has 0 radical (unpaired) electrons. The summed E-state index contributed by atoms with van der Waals surface area (Å²) in [6.45, 7) is 2.08. The SMILES string of the molecule is Cc1ccc(-c2cc[n+]3c(n2)oc2ccccc23)cc1.[I-]. The lowest BCUT2D eigenvalue weighted by molar-refractivity contribution is -0.488. The Kier molecular flexibility index (Phi) is 3.63. The van der Waals surface area contributed by atoms with Crippen LogP contribution in [-0.2, 0) is 0 Å². The number of aromatic nitrogens is 2. The molecule has 0 unspecified atom stereocenters. The highest BCUT2D eigenvalue weighted by Gasteiger charge is 2.17. The van der Waals surface area contributed by atoms with E-state index in [9.17, 15) is 0 Å². The Hall–Kier alpha value is -1.95. The number of fused-ring (bicyclic) bond motifs is 3. The molecule has 0 saturated carbocycles. The summed E-state index contributed by atoms with van der Waals surface area (Å²) in [5.74, 6) is 0.615. The van der Waals surface area contributed by atoms with Gasteiger partial charge in [0.1, 0.15) is 6.20 Å². The molecule has 0 aliphatic heterocycles. The molecule has 0 atom stereocenters. The number of hydrogen-bond donors (Lipinski definition) is 0. The van der Waals surface area contributed by atoms with Gasteiger partial charge in [0.05, 0.1) is 0 Å². The van der Waals surface area contributed by atoms with Crippen molar-refractivity contribution in [1.29, 1.82) is 0 Å². The molecule has 21 heavy (non-hydrogen) atoms. The molecule has 104 valence electrons. The second-order valence-electron chi connectivity index (χ2n) is 4.90. The topological polar surface area (TPSA) is 30.1 Å². The van der Waals surface area contributed by atoms with Gasteiger partial charge in [0, 0.05) is 11.6 Å². The monoisotopic (exact) mass is 388 g/mol. The van der Waals surface area contributed by atoms with E-state index in [0.717, 1.165) is 22.4 Å². The van der Waals surface area contributed by atoms with E-state index >= 15 is 0 Å². The van der Waals surface area contributed by atoms with Crippen LogP contribution in [0, 0.1) is 6.92 Å². The van der Waals surface area contributed by atoms with Crippen LogP contribution < -0.4 is 28.4 Å². The normalized spacial score (nSPS) is 10.7. The third kappa shape index (κ3) is 2.40. The van der Waals surface area contributed by atoms with Crippen LogP contribution in [0.3, 0.4) is 0 Å². The Morgan fingerprint density at radius 2 is 1.71 bits per heavy atom. The summed E-state index contributed by atoms with van der Waals surface area (Å²) >= 11 is 0. The predicted molar refractivity (Wildman–Crippen MR) is 77.3 cm³/mol. The number of nitrogens with zero attached hydrogens (tertiary/aromatic N) is 2. The molecule has 2 aromatic carbocycles. The third-order valence-electron chi connectivity index (χ3n) is 3.48. The van der Waals surface area contributed by atoms with Crippen LogP contribution in [-0.4, -0.2) is 4.98 Å². The second kappa shape index (κ2) is 5.44. The van der Waals surface area contributed by atoms with Crippen LogP contribution in [0.1, 0.15) is 5.56 Å². The second-order valence-corrected chi connectivity index (χ2v) is 4.90. The predicted octanol–water partition coefficient (Wildman–Crippen LogP) is 0.546. The molecule has 0 N–H and O–H groups in total. The summed E-state index contributed by atoms with van der Waals surface area (Å²) in [5, 5.41) is 0. The Morgan fingerprint density at radius 1 is 0.952 bits per heavy atom. The number of benzene rings is 2. The first-order valence-corrected chi connectivity index (χ1v) is 6.58. The smallest absolute Gasteiger partial charge is 0.510 e. The van der Waals surface area contributed by atoms with E-state index in [2.05, 4.69) is 36.2 Å². The van der Waals surface area contributed by atoms with Gasteiger partial charge in [-0.3, -0.25) is 0 Å². The zero-order valence-corrected chi connectivity index (χ0v) is 13.6. The van der Waals surface area contributed by atoms with Gasteiger partial charge in [-0.2, -0.15) is 4.40 Å². The van der Waals surface area contributed by atoms with Crippen molar-refractivity contribution in [3.63, 3.8) is 0 Å². The van der Waals surface area contributed by atoms with Gasteiger partial charge in [0.2, 0.25) is 0 Å². The van der Waals surface area contributed by atoms with Gasteiger partial charge in [0.25, 0.3) is 0 Å². The fourth-order valence-corrected chi connectivity index (χ4v) is 2.38. The molecular weight excluding hydrogens is 375 g/mol. The van der Waals surface area contributed by atoms with E-state index in [4.69, 9.17) is 4.42 Å². The average Bonchev–Trinajstić information content (AvgIpc) is 2.85. The van der Waals surface area contributed by atoms with E-state index in [1.807, 2.05) is 40.9 Å². The molecule has 4 rings (SSSR count). The Bertz CT molecular complexity index is 913. The van der Waals surface area contributed by atoms with Crippen molar-refractivity contribution >= 4 is 16.9 Å². The van der Waals surface area contributed by atoms with Crippen LogP contribution in [0.2, 0.25) is 0 Å². The van der Waals surface area contributed by atoms with Crippen molar-refractivity contribution in [3.8, 4) is 11.3 Å². The summed E-state index contributed by atoms with van der Waals surface area (Å²) in [5.41, 5.74) is 5.14. The summed E-state index contributed by atoms with van der Waals surface area (Å²) < 4.78 is 7.76. The zero-order valence-electron chi connectivity index (χ0n) is 11.5. The molecule has 2 heterocycles. The molecule has 2 aromatic heterocycles.